The van der Waals surface area contributed by atoms with E-state index in [0.717, 1.165) is 0 Å². The number of alkyl halides is 1. The molecule has 0 radical (unpaired) electrons. The Morgan fingerprint density at radius 1 is 1.14 bits per heavy atom. The fourth-order valence-corrected chi connectivity index (χ4v) is 2.43. The number of rotatable bonds is 6. The van der Waals surface area contributed by atoms with Crippen LogP contribution in [0.15, 0.2) is 42.5 Å². The molecular weight excluding hydrogens is 341 g/mol. The summed E-state index contributed by atoms with van der Waals surface area (Å²) in [6, 6.07) is 11.2. The van der Waals surface area contributed by atoms with Crippen molar-refractivity contribution in [3.05, 3.63) is 69.5 Å². The summed E-state index contributed by atoms with van der Waals surface area (Å²) in [7, 11) is 0. The second-order valence-electron chi connectivity index (χ2n) is 4.35. The molecule has 0 unspecified atom stereocenters. The van der Waals surface area contributed by atoms with Crippen molar-refractivity contribution >= 4 is 21.6 Å². The molecule has 0 saturated carbocycles. The number of nitrogens with zero attached hydrogens (tertiary/aromatic N) is 1. The molecule has 0 spiro atoms. The number of nitro benzene ring substituents is 1. The van der Waals surface area contributed by atoms with Gasteiger partial charge in [-0.1, -0.05) is 46.3 Å². The summed E-state index contributed by atoms with van der Waals surface area (Å²) in [4.78, 5) is 10.5. The first-order chi connectivity index (χ1) is 10.1. The van der Waals surface area contributed by atoms with Crippen LogP contribution in [0.1, 0.15) is 11.1 Å². The van der Waals surface area contributed by atoms with E-state index in [1.54, 1.807) is 30.3 Å². The predicted octanol–water partition coefficient (Wildman–Crippen LogP) is 4.25. The van der Waals surface area contributed by atoms with Gasteiger partial charge in [0.15, 0.2) is 11.6 Å². The highest BCUT2D eigenvalue weighted by Crippen LogP contribution is 2.25. The molecule has 0 fully saturated rings. The van der Waals surface area contributed by atoms with Crippen molar-refractivity contribution in [3.63, 3.8) is 0 Å². The number of nitro groups is 1. The zero-order chi connectivity index (χ0) is 15.2. The van der Waals surface area contributed by atoms with Crippen LogP contribution < -0.4 is 4.74 Å². The number of para-hydroxylation sites is 2. The maximum atomic E-state index is 13.7. The molecular formula is C15H13BrFNO3. The first-order valence-corrected chi connectivity index (χ1v) is 7.44. The molecule has 0 aliphatic rings. The zero-order valence-electron chi connectivity index (χ0n) is 11.1. The smallest absolute Gasteiger partial charge is 0.272 e. The highest BCUT2D eigenvalue weighted by atomic mass is 79.9. The maximum absolute atomic E-state index is 13.7. The van der Waals surface area contributed by atoms with Crippen molar-refractivity contribution in [3.8, 4) is 5.75 Å². The van der Waals surface area contributed by atoms with Crippen LogP contribution in [0.25, 0.3) is 0 Å². The van der Waals surface area contributed by atoms with Crippen LogP contribution in [0.4, 0.5) is 10.1 Å². The van der Waals surface area contributed by atoms with E-state index in [-0.39, 0.29) is 18.0 Å². The first-order valence-electron chi connectivity index (χ1n) is 6.32. The molecule has 2 aromatic carbocycles. The van der Waals surface area contributed by atoms with Crippen molar-refractivity contribution in [2.75, 3.05) is 6.61 Å². The molecule has 0 bridgehead atoms. The number of hydrogen-bond acceptors (Lipinski definition) is 3. The maximum Gasteiger partial charge on any atom is 0.272 e. The van der Waals surface area contributed by atoms with Crippen LogP contribution in [0.5, 0.6) is 5.75 Å². The Hall–Kier alpha value is -1.95. The van der Waals surface area contributed by atoms with Gasteiger partial charge in [-0.3, -0.25) is 10.1 Å². The minimum Gasteiger partial charge on any atom is -0.490 e. The van der Waals surface area contributed by atoms with Gasteiger partial charge < -0.3 is 4.74 Å². The zero-order valence-corrected chi connectivity index (χ0v) is 12.7. The third kappa shape index (κ3) is 3.78. The Morgan fingerprint density at radius 2 is 1.86 bits per heavy atom. The standard InChI is InChI=1S/C15H13BrFNO3/c16-10-12-5-3-6-13(17)15(12)21-9-8-11-4-1-2-7-14(11)18(19)20/h1-7H,8-10H2. The summed E-state index contributed by atoms with van der Waals surface area (Å²) < 4.78 is 19.2. The van der Waals surface area contributed by atoms with Gasteiger partial charge in [0.1, 0.15) is 0 Å². The van der Waals surface area contributed by atoms with E-state index in [9.17, 15) is 14.5 Å². The molecule has 0 amide bonds. The Balaban J connectivity index is 2.07. The van der Waals surface area contributed by atoms with Crippen molar-refractivity contribution in [2.24, 2.45) is 0 Å². The predicted molar refractivity (Wildman–Crippen MR) is 81.3 cm³/mol. The van der Waals surface area contributed by atoms with E-state index >= 15 is 0 Å². The first kappa shape index (κ1) is 15.4. The monoisotopic (exact) mass is 353 g/mol. The second kappa shape index (κ2) is 7.17. The lowest BCUT2D eigenvalue weighted by Crippen LogP contribution is -2.06. The fourth-order valence-electron chi connectivity index (χ4n) is 1.98. The molecule has 21 heavy (non-hydrogen) atoms. The summed E-state index contributed by atoms with van der Waals surface area (Å²) in [6.45, 7) is 0.172. The summed E-state index contributed by atoms with van der Waals surface area (Å²) in [5.41, 5.74) is 1.33. The average molecular weight is 354 g/mol. The lowest BCUT2D eigenvalue weighted by Gasteiger charge is -2.11. The van der Waals surface area contributed by atoms with Gasteiger partial charge in [-0.15, -0.1) is 0 Å². The number of halogens is 2. The Kier molecular flexibility index (Phi) is 5.27. The van der Waals surface area contributed by atoms with Gasteiger partial charge in [-0.05, 0) is 6.07 Å². The molecule has 2 aromatic rings. The molecule has 0 heterocycles. The highest BCUT2D eigenvalue weighted by Gasteiger charge is 2.13. The van der Waals surface area contributed by atoms with Gasteiger partial charge in [0, 0.05) is 28.9 Å². The lowest BCUT2D eigenvalue weighted by atomic mass is 10.1. The molecule has 0 aromatic heterocycles. The molecule has 0 aliphatic carbocycles. The fraction of sp³-hybridized carbons (Fsp3) is 0.200. The van der Waals surface area contributed by atoms with Gasteiger partial charge in [-0.2, -0.15) is 0 Å². The van der Waals surface area contributed by atoms with Gasteiger partial charge in [-0.25, -0.2) is 4.39 Å². The summed E-state index contributed by atoms with van der Waals surface area (Å²) in [6.07, 6.45) is 0.340. The molecule has 0 aliphatic heterocycles. The molecule has 0 atom stereocenters. The Bertz CT molecular complexity index is 649. The SMILES string of the molecule is O=[N+]([O-])c1ccccc1CCOc1c(F)cccc1CBr. The van der Waals surface area contributed by atoms with E-state index in [2.05, 4.69) is 15.9 Å². The van der Waals surface area contributed by atoms with E-state index in [4.69, 9.17) is 4.74 Å². The number of benzene rings is 2. The van der Waals surface area contributed by atoms with Crippen LogP contribution in [-0.2, 0) is 11.8 Å². The Labute approximate surface area is 129 Å². The van der Waals surface area contributed by atoms with Gasteiger partial charge in [0.05, 0.1) is 11.5 Å². The van der Waals surface area contributed by atoms with Gasteiger partial charge >= 0.3 is 0 Å². The van der Waals surface area contributed by atoms with E-state index in [1.807, 2.05) is 0 Å². The topological polar surface area (TPSA) is 52.4 Å². The minimum absolute atomic E-state index is 0.0512. The third-order valence-electron chi connectivity index (χ3n) is 3.00. The molecule has 4 nitrogen and oxygen atoms in total. The lowest BCUT2D eigenvalue weighted by molar-refractivity contribution is -0.385. The molecule has 2 rings (SSSR count). The van der Waals surface area contributed by atoms with E-state index in [0.29, 0.717) is 22.9 Å². The quantitative estimate of drug-likeness (QED) is 0.443. The van der Waals surface area contributed by atoms with Crippen LogP contribution >= 0.6 is 15.9 Å². The van der Waals surface area contributed by atoms with E-state index < -0.39 is 10.7 Å². The van der Waals surface area contributed by atoms with Crippen LogP contribution in [-0.4, -0.2) is 11.5 Å². The summed E-state index contributed by atoms with van der Waals surface area (Å²) in [5, 5.41) is 11.4. The number of hydrogen-bond donors (Lipinski definition) is 0. The van der Waals surface area contributed by atoms with Gasteiger partial charge in [0.2, 0.25) is 0 Å². The molecule has 6 heteroatoms. The van der Waals surface area contributed by atoms with Crippen LogP contribution in [0, 0.1) is 15.9 Å². The second-order valence-corrected chi connectivity index (χ2v) is 4.91. The third-order valence-corrected chi connectivity index (χ3v) is 3.60. The molecule has 110 valence electrons. The van der Waals surface area contributed by atoms with Gasteiger partial charge in [0.25, 0.3) is 5.69 Å². The van der Waals surface area contributed by atoms with Crippen molar-refractivity contribution in [1.29, 1.82) is 0 Å². The normalized spacial score (nSPS) is 10.4. The van der Waals surface area contributed by atoms with E-state index in [1.165, 1.54) is 12.1 Å². The Morgan fingerprint density at radius 3 is 2.57 bits per heavy atom. The van der Waals surface area contributed by atoms with Crippen molar-refractivity contribution < 1.29 is 14.1 Å². The largest absolute Gasteiger partial charge is 0.490 e. The van der Waals surface area contributed by atoms with Crippen LogP contribution in [0.3, 0.4) is 0 Å². The summed E-state index contributed by atoms with van der Waals surface area (Å²) in [5.74, 6) is -0.248. The van der Waals surface area contributed by atoms with Crippen molar-refractivity contribution in [2.45, 2.75) is 11.8 Å². The summed E-state index contributed by atoms with van der Waals surface area (Å²) >= 11 is 3.27. The molecule has 0 saturated heterocycles. The number of ether oxygens (including phenoxy) is 1. The minimum atomic E-state index is -0.436. The van der Waals surface area contributed by atoms with Crippen LogP contribution in [0.2, 0.25) is 0 Å². The molecule has 0 N–H and O–H groups in total. The average Bonchev–Trinajstić information content (AvgIpc) is 2.49. The van der Waals surface area contributed by atoms with Crippen molar-refractivity contribution in [1.82, 2.24) is 0 Å². The highest BCUT2D eigenvalue weighted by molar-refractivity contribution is 9.08.